The number of carbonyl (C=O) groups is 2. The van der Waals surface area contributed by atoms with E-state index >= 15 is 0 Å². The van der Waals surface area contributed by atoms with Gasteiger partial charge in [-0.3, -0.25) is 19.1 Å². The lowest BCUT2D eigenvalue weighted by molar-refractivity contribution is -0.157. The zero-order chi connectivity index (χ0) is 15.6. The van der Waals surface area contributed by atoms with Gasteiger partial charge in [0.05, 0.1) is 0 Å². The zero-order valence-corrected chi connectivity index (χ0v) is 11.7. The van der Waals surface area contributed by atoms with Crippen LogP contribution in [0.1, 0.15) is 26.2 Å². The van der Waals surface area contributed by atoms with Crippen molar-refractivity contribution in [3.8, 4) is 0 Å². The van der Waals surface area contributed by atoms with E-state index in [1.165, 1.54) is 11.1 Å². The van der Waals surface area contributed by atoms with Crippen LogP contribution in [-0.4, -0.2) is 43.5 Å². The lowest BCUT2D eigenvalue weighted by atomic mass is 9.93. The monoisotopic (exact) mass is 295 g/mol. The van der Waals surface area contributed by atoms with E-state index in [9.17, 15) is 24.3 Å². The number of amides is 1. The highest BCUT2D eigenvalue weighted by atomic mass is 16.4. The first-order valence-corrected chi connectivity index (χ1v) is 6.74. The summed E-state index contributed by atoms with van der Waals surface area (Å²) in [5.41, 5.74) is -2.42. The van der Waals surface area contributed by atoms with Crippen LogP contribution in [0.25, 0.3) is 0 Å². The van der Waals surface area contributed by atoms with Crippen LogP contribution < -0.4 is 11.2 Å². The molecular weight excluding hydrogens is 278 g/mol. The van der Waals surface area contributed by atoms with Crippen LogP contribution in [0, 0.1) is 0 Å². The van der Waals surface area contributed by atoms with Crippen molar-refractivity contribution in [2.75, 3.05) is 6.54 Å². The summed E-state index contributed by atoms with van der Waals surface area (Å²) < 4.78 is 1.06. The minimum atomic E-state index is -1.19. The molecule has 0 radical (unpaired) electrons. The van der Waals surface area contributed by atoms with Crippen molar-refractivity contribution in [3.05, 3.63) is 33.1 Å². The highest BCUT2D eigenvalue weighted by Crippen LogP contribution is 2.32. The fourth-order valence-corrected chi connectivity index (χ4v) is 2.78. The number of nitrogens with one attached hydrogen (secondary N) is 1. The van der Waals surface area contributed by atoms with E-state index in [0.717, 1.165) is 10.6 Å². The molecule has 2 N–H and O–H groups in total. The van der Waals surface area contributed by atoms with E-state index in [1.807, 2.05) is 0 Å². The number of aromatic nitrogens is 2. The third-order valence-corrected chi connectivity index (χ3v) is 3.98. The number of likely N-dealkylation sites (tertiary alicyclic amines) is 1. The number of carboxylic acid groups (broad SMARTS) is 1. The summed E-state index contributed by atoms with van der Waals surface area (Å²) in [6, 6.07) is 1.14. The molecule has 1 unspecified atom stereocenters. The predicted molar refractivity (Wildman–Crippen MR) is 72.9 cm³/mol. The fourth-order valence-electron chi connectivity index (χ4n) is 2.78. The maximum atomic E-state index is 12.3. The molecule has 0 saturated carbocycles. The van der Waals surface area contributed by atoms with Gasteiger partial charge in [-0.1, -0.05) is 6.92 Å². The van der Waals surface area contributed by atoms with Crippen molar-refractivity contribution in [3.63, 3.8) is 0 Å². The van der Waals surface area contributed by atoms with Crippen molar-refractivity contribution in [1.29, 1.82) is 0 Å². The SMILES string of the molecule is CCC1(C(=O)O)CCCN1C(=O)Cn1ccc(=O)[nH]c1=O. The van der Waals surface area contributed by atoms with Crippen LogP contribution in [0.15, 0.2) is 21.9 Å². The van der Waals surface area contributed by atoms with Crippen LogP contribution in [0.2, 0.25) is 0 Å². The van der Waals surface area contributed by atoms with Gasteiger partial charge in [-0.2, -0.15) is 0 Å². The normalized spacial score (nSPS) is 21.5. The molecule has 114 valence electrons. The minimum absolute atomic E-state index is 0.287. The van der Waals surface area contributed by atoms with E-state index < -0.39 is 28.7 Å². The molecule has 1 amide bonds. The second kappa shape index (κ2) is 5.55. The summed E-state index contributed by atoms with van der Waals surface area (Å²) in [5, 5.41) is 9.43. The van der Waals surface area contributed by atoms with Crippen molar-refractivity contribution in [2.45, 2.75) is 38.3 Å². The quantitative estimate of drug-likeness (QED) is 0.769. The highest BCUT2D eigenvalue weighted by Gasteiger charge is 2.48. The van der Waals surface area contributed by atoms with Gasteiger partial charge >= 0.3 is 11.7 Å². The Morgan fingerprint density at radius 2 is 2.14 bits per heavy atom. The fraction of sp³-hybridized carbons (Fsp3) is 0.538. The van der Waals surface area contributed by atoms with Crippen molar-refractivity contribution in [1.82, 2.24) is 14.5 Å². The maximum Gasteiger partial charge on any atom is 0.329 e. The summed E-state index contributed by atoms with van der Waals surface area (Å²) in [5.74, 6) is -1.46. The highest BCUT2D eigenvalue weighted by molar-refractivity contribution is 5.87. The Labute approximate surface area is 120 Å². The summed E-state index contributed by atoms with van der Waals surface area (Å²) in [6.45, 7) is 1.80. The van der Waals surface area contributed by atoms with Gasteiger partial charge in [0, 0.05) is 18.8 Å². The summed E-state index contributed by atoms with van der Waals surface area (Å²) in [7, 11) is 0. The predicted octanol–water partition coefficient (Wildman–Crippen LogP) is -0.608. The standard InChI is InChI=1S/C13H17N3O5/c1-2-13(11(19)20)5-3-6-16(13)10(18)8-15-7-4-9(17)14-12(15)21/h4,7H,2-3,5-6,8H2,1H3,(H,19,20)(H,14,17,21). The van der Waals surface area contributed by atoms with Crippen LogP contribution in [-0.2, 0) is 16.1 Å². The van der Waals surface area contributed by atoms with Gasteiger partial charge in [0.1, 0.15) is 12.1 Å². The molecule has 2 rings (SSSR count). The molecular formula is C13H17N3O5. The van der Waals surface area contributed by atoms with Gasteiger partial charge in [0.2, 0.25) is 5.91 Å². The number of rotatable bonds is 4. The molecule has 0 spiro atoms. The average Bonchev–Trinajstić information content (AvgIpc) is 2.87. The molecule has 8 nitrogen and oxygen atoms in total. The molecule has 0 aliphatic carbocycles. The second-order valence-corrected chi connectivity index (χ2v) is 5.08. The van der Waals surface area contributed by atoms with Crippen LogP contribution in [0.4, 0.5) is 0 Å². The van der Waals surface area contributed by atoms with Gasteiger partial charge in [0.25, 0.3) is 5.56 Å². The van der Waals surface area contributed by atoms with E-state index in [2.05, 4.69) is 4.98 Å². The first kappa shape index (κ1) is 15.0. The van der Waals surface area contributed by atoms with Crippen molar-refractivity contribution >= 4 is 11.9 Å². The first-order valence-electron chi connectivity index (χ1n) is 6.74. The average molecular weight is 295 g/mol. The number of nitrogens with zero attached hydrogens (tertiary/aromatic N) is 2. The molecule has 1 aromatic rings. The molecule has 0 bridgehead atoms. The number of carboxylic acids is 1. The van der Waals surface area contributed by atoms with E-state index in [-0.39, 0.29) is 6.54 Å². The smallest absolute Gasteiger partial charge is 0.329 e. The third-order valence-electron chi connectivity index (χ3n) is 3.98. The van der Waals surface area contributed by atoms with Gasteiger partial charge in [-0.05, 0) is 19.3 Å². The summed E-state index contributed by atoms with van der Waals surface area (Å²) in [4.78, 5) is 49.8. The van der Waals surface area contributed by atoms with E-state index in [0.29, 0.717) is 25.8 Å². The lowest BCUT2D eigenvalue weighted by Crippen LogP contribution is -2.54. The Morgan fingerprint density at radius 3 is 2.71 bits per heavy atom. The van der Waals surface area contributed by atoms with Crippen molar-refractivity contribution in [2.24, 2.45) is 0 Å². The van der Waals surface area contributed by atoms with Gasteiger partial charge in [-0.15, -0.1) is 0 Å². The van der Waals surface area contributed by atoms with Gasteiger partial charge < -0.3 is 10.0 Å². The molecule has 8 heteroatoms. The number of H-pyrrole nitrogens is 1. The van der Waals surface area contributed by atoms with Crippen LogP contribution >= 0.6 is 0 Å². The largest absolute Gasteiger partial charge is 0.479 e. The lowest BCUT2D eigenvalue weighted by Gasteiger charge is -2.34. The molecule has 2 heterocycles. The molecule has 21 heavy (non-hydrogen) atoms. The van der Waals surface area contributed by atoms with Crippen LogP contribution in [0.3, 0.4) is 0 Å². The van der Waals surface area contributed by atoms with E-state index in [1.54, 1.807) is 6.92 Å². The molecule has 1 aliphatic heterocycles. The molecule has 0 aromatic carbocycles. The molecule has 1 aromatic heterocycles. The Morgan fingerprint density at radius 1 is 1.43 bits per heavy atom. The molecule has 1 saturated heterocycles. The van der Waals surface area contributed by atoms with E-state index in [4.69, 9.17) is 0 Å². The zero-order valence-electron chi connectivity index (χ0n) is 11.7. The van der Waals surface area contributed by atoms with Crippen molar-refractivity contribution < 1.29 is 14.7 Å². The molecule has 1 aliphatic rings. The maximum absolute atomic E-state index is 12.3. The number of carbonyl (C=O) groups excluding carboxylic acids is 1. The summed E-state index contributed by atoms with van der Waals surface area (Å²) >= 11 is 0. The third kappa shape index (κ3) is 2.61. The Balaban J connectivity index is 2.25. The Bertz CT molecular complexity index is 677. The topological polar surface area (TPSA) is 112 Å². The second-order valence-electron chi connectivity index (χ2n) is 5.08. The number of aliphatic carboxylic acids is 1. The van der Waals surface area contributed by atoms with Gasteiger partial charge in [0.15, 0.2) is 0 Å². The molecule has 1 fully saturated rings. The Hall–Kier alpha value is -2.38. The Kier molecular flexibility index (Phi) is 3.97. The number of aromatic amines is 1. The van der Waals surface area contributed by atoms with Crippen LogP contribution in [0.5, 0.6) is 0 Å². The summed E-state index contributed by atoms with van der Waals surface area (Å²) in [6.07, 6.45) is 2.57. The number of hydrogen-bond donors (Lipinski definition) is 2. The van der Waals surface area contributed by atoms with Gasteiger partial charge in [-0.25, -0.2) is 9.59 Å². The first-order chi connectivity index (χ1) is 9.90. The minimum Gasteiger partial charge on any atom is -0.479 e. The number of hydrogen-bond acceptors (Lipinski definition) is 4. The molecule has 1 atom stereocenters.